The van der Waals surface area contributed by atoms with Crippen molar-refractivity contribution in [1.82, 2.24) is 9.38 Å². The van der Waals surface area contributed by atoms with E-state index in [-0.39, 0.29) is 10.7 Å². The molecule has 0 atom stereocenters. The van der Waals surface area contributed by atoms with Gasteiger partial charge >= 0.3 is 5.82 Å². The maximum absolute atomic E-state index is 11.4. The molecule has 0 saturated carbocycles. The minimum absolute atomic E-state index is 0.0608. The number of anilines is 1. The summed E-state index contributed by atoms with van der Waals surface area (Å²) in [6.45, 7) is 1.42. The Bertz CT molecular complexity index is 838. The van der Waals surface area contributed by atoms with Crippen LogP contribution in [0.4, 0.5) is 11.6 Å². The molecule has 0 N–H and O–H groups in total. The molecule has 1 aliphatic rings. The number of rotatable bonds is 2. The number of aromatic nitrogens is 2. The summed E-state index contributed by atoms with van der Waals surface area (Å²) >= 11 is 1.41. The summed E-state index contributed by atoms with van der Waals surface area (Å²) in [5.41, 5.74) is 2.53. The molecule has 1 aliphatic heterocycles. The Labute approximate surface area is 124 Å². The van der Waals surface area contributed by atoms with Crippen LogP contribution in [-0.4, -0.2) is 20.9 Å². The van der Waals surface area contributed by atoms with E-state index < -0.39 is 0 Å². The van der Waals surface area contributed by atoms with E-state index in [2.05, 4.69) is 17.1 Å². The Morgan fingerprint density at radius 3 is 2.90 bits per heavy atom. The molecule has 0 amide bonds. The van der Waals surface area contributed by atoms with Gasteiger partial charge in [-0.1, -0.05) is 35.6 Å². The number of nitrogens with zero attached hydrogens (tertiary/aromatic N) is 4. The van der Waals surface area contributed by atoms with Gasteiger partial charge in [-0.2, -0.15) is 9.38 Å². The predicted octanol–water partition coefficient (Wildman–Crippen LogP) is 2.87. The Morgan fingerprint density at radius 2 is 2.10 bits per heavy atom. The zero-order valence-corrected chi connectivity index (χ0v) is 11.9. The summed E-state index contributed by atoms with van der Waals surface area (Å²) in [6, 6.07) is 8.23. The van der Waals surface area contributed by atoms with Gasteiger partial charge in [-0.15, -0.1) is 0 Å². The molecule has 4 rings (SSSR count). The summed E-state index contributed by atoms with van der Waals surface area (Å²) < 4.78 is 1.56. The lowest BCUT2D eigenvalue weighted by atomic mass is 10.00. The fraction of sp³-hybridized carbons (Fsp3) is 0.214. The molecule has 0 fully saturated rings. The number of fused-ring (bicyclic) bond motifs is 2. The standard InChI is InChI=1S/C14H12N4O2S/c19-18(20)13-12(15-14-17(13)7-8-21-14)16-6-5-10-3-1-2-4-11(10)9-16/h1-4,7-8H,5-6,9H2. The number of thiazole rings is 1. The molecule has 1 aromatic carbocycles. The van der Waals surface area contributed by atoms with E-state index in [0.717, 1.165) is 13.0 Å². The average Bonchev–Trinajstić information content (AvgIpc) is 3.06. The second-order valence-corrected chi connectivity index (χ2v) is 5.88. The lowest BCUT2D eigenvalue weighted by Crippen LogP contribution is -2.31. The van der Waals surface area contributed by atoms with Gasteiger partial charge in [0.2, 0.25) is 5.82 Å². The van der Waals surface area contributed by atoms with Crippen LogP contribution in [0.15, 0.2) is 35.8 Å². The van der Waals surface area contributed by atoms with Crippen LogP contribution in [-0.2, 0) is 13.0 Å². The fourth-order valence-electron chi connectivity index (χ4n) is 2.82. The van der Waals surface area contributed by atoms with Crippen LogP contribution in [0, 0.1) is 10.1 Å². The lowest BCUT2D eigenvalue weighted by Gasteiger charge is -2.28. The second kappa shape index (κ2) is 4.56. The van der Waals surface area contributed by atoms with Crippen molar-refractivity contribution in [3.8, 4) is 0 Å². The SMILES string of the molecule is O=[N+]([O-])c1c(N2CCc3ccccc3C2)nc2sccn12. The molecular formula is C14H12N4O2S. The van der Waals surface area contributed by atoms with Crippen molar-refractivity contribution >= 4 is 27.9 Å². The molecule has 21 heavy (non-hydrogen) atoms. The van der Waals surface area contributed by atoms with Gasteiger partial charge in [0.25, 0.3) is 4.96 Å². The molecule has 0 bridgehead atoms. The molecule has 2 aromatic heterocycles. The van der Waals surface area contributed by atoms with E-state index >= 15 is 0 Å². The van der Waals surface area contributed by atoms with E-state index in [9.17, 15) is 10.1 Å². The van der Waals surface area contributed by atoms with Crippen LogP contribution in [0.2, 0.25) is 0 Å². The first kappa shape index (κ1) is 12.3. The van der Waals surface area contributed by atoms with Gasteiger partial charge in [-0.3, -0.25) is 0 Å². The minimum Gasteiger partial charge on any atom is -0.358 e. The number of hydrogen-bond donors (Lipinski definition) is 0. The van der Waals surface area contributed by atoms with Crippen LogP contribution in [0.3, 0.4) is 0 Å². The van der Waals surface area contributed by atoms with Gasteiger partial charge in [-0.05, 0) is 22.5 Å². The van der Waals surface area contributed by atoms with Crippen LogP contribution < -0.4 is 4.90 Å². The van der Waals surface area contributed by atoms with Crippen LogP contribution >= 0.6 is 11.3 Å². The molecule has 7 heteroatoms. The normalized spacial score (nSPS) is 14.4. The van der Waals surface area contributed by atoms with Crippen molar-refractivity contribution in [2.45, 2.75) is 13.0 Å². The molecule has 106 valence electrons. The number of benzene rings is 1. The smallest absolute Gasteiger partial charge is 0.358 e. The highest BCUT2D eigenvalue weighted by molar-refractivity contribution is 7.15. The van der Waals surface area contributed by atoms with Gasteiger partial charge in [-0.25, -0.2) is 0 Å². The second-order valence-electron chi connectivity index (χ2n) is 5.01. The highest BCUT2D eigenvalue weighted by atomic mass is 32.1. The van der Waals surface area contributed by atoms with Gasteiger partial charge < -0.3 is 15.0 Å². The largest absolute Gasteiger partial charge is 0.373 e. The van der Waals surface area contributed by atoms with Crippen molar-refractivity contribution in [3.63, 3.8) is 0 Å². The average molecular weight is 300 g/mol. The van der Waals surface area contributed by atoms with Gasteiger partial charge in [0.15, 0.2) is 0 Å². The van der Waals surface area contributed by atoms with Crippen LogP contribution in [0.5, 0.6) is 0 Å². The first-order chi connectivity index (χ1) is 10.2. The van der Waals surface area contributed by atoms with Crippen molar-refractivity contribution in [2.75, 3.05) is 11.4 Å². The summed E-state index contributed by atoms with van der Waals surface area (Å²) in [5.74, 6) is 0.534. The van der Waals surface area contributed by atoms with Crippen molar-refractivity contribution in [2.24, 2.45) is 0 Å². The predicted molar refractivity (Wildman–Crippen MR) is 80.9 cm³/mol. The third kappa shape index (κ3) is 1.89. The fourth-order valence-corrected chi connectivity index (χ4v) is 3.53. The molecule has 3 aromatic rings. The van der Waals surface area contributed by atoms with E-state index in [4.69, 9.17) is 0 Å². The number of imidazole rings is 1. The summed E-state index contributed by atoms with van der Waals surface area (Å²) in [6.07, 6.45) is 2.59. The molecule has 0 aliphatic carbocycles. The summed E-state index contributed by atoms with van der Waals surface area (Å²) in [5, 5.41) is 13.2. The third-order valence-corrected chi connectivity index (χ3v) is 4.58. The van der Waals surface area contributed by atoms with Crippen LogP contribution in [0.1, 0.15) is 11.1 Å². The zero-order valence-electron chi connectivity index (χ0n) is 11.1. The van der Waals surface area contributed by atoms with E-state index in [1.165, 1.54) is 22.5 Å². The Balaban J connectivity index is 1.79. The topological polar surface area (TPSA) is 63.7 Å². The molecule has 0 spiro atoms. The zero-order chi connectivity index (χ0) is 14.4. The quantitative estimate of drug-likeness (QED) is 0.539. The van der Waals surface area contributed by atoms with Gasteiger partial charge in [0, 0.05) is 18.5 Å². The van der Waals surface area contributed by atoms with Gasteiger partial charge in [0.1, 0.15) is 6.20 Å². The maximum atomic E-state index is 11.4. The highest BCUT2D eigenvalue weighted by Crippen LogP contribution is 2.33. The van der Waals surface area contributed by atoms with E-state index in [1.807, 2.05) is 22.4 Å². The Kier molecular flexibility index (Phi) is 2.68. The molecular weight excluding hydrogens is 288 g/mol. The molecule has 6 nitrogen and oxygen atoms in total. The number of hydrogen-bond acceptors (Lipinski definition) is 5. The first-order valence-electron chi connectivity index (χ1n) is 6.66. The van der Waals surface area contributed by atoms with Gasteiger partial charge in [0.05, 0.1) is 0 Å². The van der Waals surface area contributed by atoms with Crippen molar-refractivity contribution in [3.05, 3.63) is 57.1 Å². The molecule has 0 radical (unpaired) electrons. The van der Waals surface area contributed by atoms with Crippen LogP contribution in [0.25, 0.3) is 4.96 Å². The monoisotopic (exact) mass is 300 g/mol. The minimum atomic E-state index is -0.345. The summed E-state index contributed by atoms with van der Waals surface area (Å²) in [4.78, 5) is 18.2. The highest BCUT2D eigenvalue weighted by Gasteiger charge is 2.29. The Hall–Kier alpha value is -2.41. The maximum Gasteiger partial charge on any atom is 0.373 e. The Morgan fingerprint density at radius 1 is 1.29 bits per heavy atom. The third-order valence-electron chi connectivity index (χ3n) is 3.82. The molecule has 0 saturated heterocycles. The molecule has 3 heterocycles. The van der Waals surface area contributed by atoms with E-state index in [1.54, 1.807) is 10.6 Å². The van der Waals surface area contributed by atoms with Crippen molar-refractivity contribution < 1.29 is 4.92 Å². The number of nitro groups is 1. The lowest BCUT2D eigenvalue weighted by molar-refractivity contribution is -0.389. The van der Waals surface area contributed by atoms with E-state index in [0.29, 0.717) is 17.3 Å². The first-order valence-corrected chi connectivity index (χ1v) is 7.53. The molecule has 0 unspecified atom stereocenters. The van der Waals surface area contributed by atoms with Crippen molar-refractivity contribution in [1.29, 1.82) is 0 Å². The summed E-state index contributed by atoms with van der Waals surface area (Å²) in [7, 11) is 0.